The molecule has 0 aliphatic heterocycles. The lowest BCUT2D eigenvalue weighted by Gasteiger charge is -2.25. The summed E-state index contributed by atoms with van der Waals surface area (Å²) >= 11 is 0. The lowest BCUT2D eigenvalue weighted by atomic mass is 10.1. The fraction of sp³-hybridized carbons (Fsp3) is 0.393. The van der Waals surface area contributed by atoms with Gasteiger partial charge in [0, 0.05) is 18.0 Å². The van der Waals surface area contributed by atoms with E-state index in [2.05, 4.69) is 5.32 Å². The first-order valence-electron chi connectivity index (χ1n) is 12.3. The summed E-state index contributed by atoms with van der Waals surface area (Å²) in [6, 6.07) is 18.0. The maximum atomic E-state index is 13.3. The topological polar surface area (TPSA) is 67.2 Å². The monoisotopic (exact) mass is 458 g/mol. The highest BCUT2D eigenvalue weighted by Gasteiger charge is 2.29. The minimum atomic E-state index is -0.202. The Balaban J connectivity index is 1.67. The Hall–Kier alpha value is -3.41. The van der Waals surface area contributed by atoms with Crippen LogP contribution in [0.3, 0.4) is 0 Å². The molecule has 2 aromatic carbocycles. The molecule has 1 aromatic heterocycles. The van der Waals surface area contributed by atoms with Gasteiger partial charge in [0.05, 0.1) is 17.9 Å². The number of hydrogen-bond acceptors (Lipinski definition) is 3. The van der Waals surface area contributed by atoms with Gasteiger partial charge in [0.2, 0.25) is 11.8 Å². The Morgan fingerprint density at radius 3 is 2.38 bits per heavy atom. The maximum absolute atomic E-state index is 13.3. The van der Waals surface area contributed by atoms with Crippen LogP contribution in [0.15, 0.2) is 54.6 Å². The SMILES string of the molecule is CCCN(CC(=O)Nc1c(-c2ccccc2)c(C)nn1-c1ccccc1C)C(=O)C1CCCC1. The van der Waals surface area contributed by atoms with Crippen LogP contribution in [0, 0.1) is 19.8 Å². The molecule has 34 heavy (non-hydrogen) atoms. The van der Waals surface area contributed by atoms with E-state index in [9.17, 15) is 9.59 Å². The Bertz CT molecular complexity index is 1150. The van der Waals surface area contributed by atoms with Crippen LogP contribution in [-0.2, 0) is 9.59 Å². The van der Waals surface area contributed by atoms with Gasteiger partial charge in [0.15, 0.2) is 0 Å². The fourth-order valence-electron chi connectivity index (χ4n) is 4.88. The van der Waals surface area contributed by atoms with Crippen LogP contribution in [-0.4, -0.2) is 39.6 Å². The van der Waals surface area contributed by atoms with Crippen LogP contribution in [0.1, 0.15) is 50.3 Å². The molecule has 0 spiro atoms. The van der Waals surface area contributed by atoms with Crippen molar-refractivity contribution in [3.05, 3.63) is 65.9 Å². The number of nitrogens with zero attached hydrogens (tertiary/aromatic N) is 3. The van der Waals surface area contributed by atoms with E-state index in [0.29, 0.717) is 12.4 Å². The molecule has 0 atom stereocenters. The van der Waals surface area contributed by atoms with Gasteiger partial charge in [-0.3, -0.25) is 9.59 Å². The number of aryl methyl sites for hydroxylation is 2. The van der Waals surface area contributed by atoms with Crippen molar-refractivity contribution in [1.82, 2.24) is 14.7 Å². The average Bonchev–Trinajstić information content (AvgIpc) is 3.48. The van der Waals surface area contributed by atoms with Crippen LogP contribution in [0.4, 0.5) is 5.82 Å². The van der Waals surface area contributed by atoms with Crippen molar-refractivity contribution in [1.29, 1.82) is 0 Å². The Morgan fingerprint density at radius 2 is 1.71 bits per heavy atom. The maximum Gasteiger partial charge on any atom is 0.245 e. The molecular formula is C28H34N4O2. The van der Waals surface area contributed by atoms with Gasteiger partial charge in [-0.2, -0.15) is 5.10 Å². The molecule has 6 nitrogen and oxygen atoms in total. The summed E-state index contributed by atoms with van der Waals surface area (Å²) in [7, 11) is 0. The van der Waals surface area contributed by atoms with E-state index in [1.54, 1.807) is 4.90 Å². The third kappa shape index (κ3) is 5.06. The smallest absolute Gasteiger partial charge is 0.245 e. The summed E-state index contributed by atoms with van der Waals surface area (Å²) in [5.41, 5.74) is 4.68. The summed E-state index contributed by atoms with van der Waals surface area (Å²) in [5, 5.41) is 7.93. The molecule has 1 fully saturated rings. The molecule has 0 bridgehead atoms. The van der Waals surface area contributed by atoms with Gasteiger partial charge in [-0.05, 0) is 50.3 Å². The van der Waals surface area contributed by atoms with Gasteiger partial charge >= 0.3 is 0 Å². The van der Waals surface area contributed by atoms with Crippen molar-refractivity contribution in [3.63, 3.8) is 0 Å². The summed E-state index contributed by atoms with van der Waals surface area (Å²) < 4.78 is 1.81. The molecule has 1 heterocycles. The number of carbonyl (C=O) groups excluding carboxylic acids is 2. The molecule has 2 amide bonds. The first-order chi connectivity index (χ1) is 16.5. The summed E-state index contributed by atoms with van der Waals surface area (Å²) in [4.78, 5) is 28.1. The molecule has 0 unspecified atom stereocenters. The Kier molecular flexibility index (Phi) is 7.46. The largest absolute Gasteiger partial charge is 0.333 e. The first-order valence-corrected chi connectivity index (χ1v) is 12.3. The second-order valence-electron chi connectivity index (χ2n) is 9.16. The second kappa shape index (κ2) is 10.7. The predicted octanol–water partition coefficient (Wildman–Crippen LogP) is 5.52. The van der Waals surface area contributed by atoms with Crippen LogP contribution in [0.25, 0.3) is 16.8 Å². The fourth-order valence-corrected chi connectivity index (χ4v) is 4.88. The van der Waals surface area contributed by atoms with Crippen molar-refractivity contribution < 1.29 is 9.59 Å². The van der Waals surface area contributed by atoms with Crippen LogP contribution in [0.2, 0.25) is 0 Å². The zero-order valence-corrected chi connectivity index (χ0v) is 20.4. The van der Waals surface area contributed by atoms with Gasteiger partial charge in [0.25, 0.3) is 0 Å². The Morgan fingerprint density at radius 1 is 1.03 bits per heavy atom. The molecule has 6 heteroatoms. The van der Waals surface area contributed by atoms with Crippen LogP contribution in [0.5, 0.6) is 0 Å². The predicted molar refractivity (Wildman–Crippen MR) is 136 cm³/mol. The zero-order chi connectivity index (χ0) is 24.1. The number of hydrogen-bond donors (Lipinski definition) is 1. The van der Waals surface area contributed by atoms with Crippen molar-refractivity contribution in [2.75, 3.05) is 18.4 Å². The second-order valence-corrected chi connectivity index (χ2v) is 9.16. The van der Waals surface area contributed by atoms with Crippen LogP contribution >= 0.6 is 0 Å². The minimum absolute atomic E-state index is 0.0510. The number of carbonyl (C=O) groups is 2. The van der Waals surface area contributed by atoms with Gasteiger partial charge < -0.3 is 10.2 Å². The number of amides is 2. The quantitative estimate of drug-likeness (QED) is 0.483. The van der Waals surface area contributed by atoms with Gasteiger partial charge in [0.1, 0.15) is 5.82 Å². The van der Waals surface area contributed by atoms with E-state index >= 15 is 0 Å². The third-order valence-corrected chi connectivity index (χ3v) is 6.57. The lowest BCUT2D eigenvalue weighted by molar-refractivity contribution is -0.138. The highest BCUT2D eigenvalue weighted by atomic mass is 16.2. The van der Waals surface area contributed by atoms with E-state index < -0.39 is 0 Å². The zero-order valence-electron chi connectivity index (χ0n) is 20.4. The number of para-hydroxylation sites is 1. The molecule has 178 valence electrons. The Labute approximate surface area is 202 Å². The molecule has 1 N–H and O–H groups in total. The van der Waals surface area contributed by atoms with Crippen molar-refractivity contribution in [2.24, 2.45) is 5.92 Å². The number of nitrogens with one attached hydrogen (secondary N) is 1. The lowest BCUT2D eigenvalue weighted by Crippen LogP contribution is -2.41. The number of anilines is 1. The highest BCUT2D eigenvalue weighted by molar-refractivity contribution is 5.98. The number of rotatable bonds is 8. The highest BCUT2D eigenvalue weighted by Crippen LogP contribution is 2.34. The van der Waals surface area contributed by atoms with Gasteiger partial charge in [-0.25, -0.2) is 4.68 Å². The van der Waals surface area contributed by atoms with Gasteiger partial charge in [-0.1, -0.05) is 68.3 Å². The summed E-state index contributed by atoms with van der Waals surface area (Å²) in [6.07, 6.45) is 4.87. The van der Waals surface area contributed by atoms with E-state index in [1.165, 1.54) is 0 Å². The van der Waals surface area contributed by atoms with E-state index in [1.807, 2.05) is 80.1 Å². The minimum Gasteiger partial charge on any atom is -0.333 e. The van der Waals surface area contributed by atoms with Crippen molar-refractivity contribution >= 4 is 17.6 Å². The molecule has 1 aliphatic carbocycles. The molecule has 1 aliphatic rings. The average molecular weight is 459 g/mol. The van der Waals surface area contributed by atoms with Gasteiger partial charge in [-0.15, -0.1) is 0 Å². The number of aromatic nitrogens is 2. The summed E-state index contributed by atoms with van der Waals surface area (Å²) in [5.74, 6) is 0.597. The molecule has 0 radical (unpaired) electrons. The third-order valence-electron chi connectivity index (χ3n) is 6.57. The van der Waals surface area contributed by atoms with E-state index in [4.69, 9.17) is 5.10 Å². The summed E-state index contributed by atoms with van der Waals surface area (Å²) in [6.45, 7) is 6.67. The van der Waals surface area contributed by atoms with Crippen molar-refractivity contribution in [3.8, 4) is 16.8 Å². The normalized spacial score (nSPS) is 13.7. The molecule has 4 rings (SSSR count). The van der Waals surface area contributed by atoms with Crippen molar-refractivity contribution in [2.45, 2.75) is 52.9 Å². The standard InChI is InChI=1S/C28H34N4O2/c1-4-18-31(28(34)23-15-9-10-16-23)19-25(33)29-27-26(22-13-6-5-7-14-22)21(3)30-32(27)24-17-11-8-12-20(24)2/h5-8,11-14,17,23H,4,9-10,15-16,18-19H2,1-3H3,(H,29,33). The number of benzene rings is 2. The van der Waals surface area contributed by atoms with E-state index in [-0.39, 0.29) is 24.3 Å². The van der Waals surface area contributed by atoms with Crippen LogP contribution < -0.4 is 5.32 Å². The molecule has 3 aromatic rings. The molecule has 1 saturated carbocycles. The van der Waals surface area contributed by atoms with E-state index in [0.717, 1.165) is 60.2 Å². The molecular weight excluding hydrogens is 424 g/mol. The first kappa shape index (κ1) is 23.7. The molecule has 0 saturated heterocycles.